The lowest BCUT2D eigenvalue weighted by atomic mass is 9.87. The summed E-state index contributed by atoms with van der Waals surface area (Å²) in [6.45, 7) is 4.37. The van der Waals surface area contributed by atoms with Crippen molar-refractivity contribution in [3.05, 3.63) is 24.0 Å². The molecule has 0 amide bonds. The van der Waals surface area contributed by atoms with Crippen LogP contribution in [0.5, 0.6) is 0 Å². The molecule has 0 bridgehead atoms. The minimum atomic E-state index is 0.658. The van der Waals surface area contributed by atoms with Crippen molar-refractivity contribution in [3.63, 3.8) is 0 Å². The van der Waals surface area contributed by atoms with Crippen molar-refractivity contribution < 1.29 is 0 Å². The predicted octanol–water partition coefficient (Wildman–Crippen LogP) is 3.38. The molecule has 1 heterocycles. The van der Waals surface area contributed by atoms with E-state index in [0.29, 0.717) is 6.04 Å². The molecule has 0 atom stereocenters. The molecule has 1 aromatic rings. The summed E-state index contributed by atoms with van der Waals surface area (Å²) in [6, 6.07) is 4.85. The number of nitrogens with zero attached hydrogens (tertiary/aromatic N) is 1. The van der Waals surface area contributed by atoms with E-state index in [1.165, 1.54) is 31.4 Å². The van der Waals surface area contributed by atoms with E-state index in [4.69, 9.17) is 0 Å². The molecule has 1 aliphatic carbocycles. The van der Waals surface area contributed by atoms with E-state index in [1.54, 1.807) is 0 Å². The van der Waals surface area contributed by atoms with Crippen LogP contribution >= 0.6 is 0 Å². The van der Waals surface area contributed by atoms with E-state index in [0.717, 1.165) is 11.6 Å². The molecule has 0 radical (unpaired) electrons. The van der Waals surface area contributed by atoms with Gasteiger partial charge < -0.3 is 5.32 Å². The van der Waals surface area contributed by atoms with Crippen LogP contribution in [-0.2, 0) is 0 Å². The predicted molar refractivity (Wildman–Crippen MR) is 64.0 cm³/mol. The molecule has 82 valence electrons. The van der Waals surface area contributed by atoms with Gasteiger partial charge >= 0.3 is 0 Å². The Balaban J connectivity index is 1.89. The molecule has 0 aromatic carbocycles. The molecule has 1 N–H and O–H groups in total. The fourth-order valence-corrected chi connectivity index (χ4v) is 2.19. The molecule has 0 saturated heterocycles. The molecule has 2 rings (SSSR count). The molecular formula is C13H20N2. The maximum Gasteiger partial charge on any atom is 0.0529 e. The Bertz CT molecular complexity index is 297. The monoisotopic (exact) mass is 204 g/mol. The van der Waals surface area contributed by atoms with Crippen LogP contribution in [0.3, 0.4) is 0 Å². The Morgan fingerprint density at radius 1 is 1.20 bits per heavy atom. The second kappa shape index (κ2) is 4.65. The number of nitrogens with one attached hydrogen (secondary N) is 1. The van der Waals surface area contributed by atoms with Gasteiger partial charge in [-0.2, -0.15) is 0 Å². The molecule has 2 heteroatoms. The summed E-state index contributed by atoms with van der Waals surface area (Å²) >= 11 is 0. The number of hydrogen-bond donors (Lipinski definition) is 1. The lowest BCUT2D eigenvalue weighted by Gasteiger charge is -2.27. The van der Waals surface area contributed by atoms with Crippen LogP contribution in [0.4, 0.5) is 5.69 Å². The Morgan fingerprint density at radius 3 is 2.53 bits per heavy atom. The lowest BCUT2D eigenvalue weighted by molar-refractivity contribution is 0.361. The number of pyridine rings is 1. The average molecular weight is 204 g/mol. The van der Waals surface area contributed by atoms with Gasteiger partial charge in [-0.25, -0.2) is 0 Å². The van der Waals surface area contributed by atoms with E-state index >= 15 is 0 Å². The maximum atomic E-state index is 4.30. The van der Waals surface area contributed by atoms with E-state index in [2.05, 4.69) is 29.4 Å². The lowest BCUT2D eigenvalue weighted by Crippen LogP contribution is -2.25. The fourth-order valence-electron chi connectivity index (χ4n) is 2.19. The highest BCUT2D eigenvalue weighted by Crippen LogP contribution is 2.25. The molecule has 1 aromatic heterocycles. The molecule has 0 unspecified atom stereocenters. The van der Waals surface area contributed by atoms with Crippen LogP contribution in [0.25, 0.3) is 0 Å². The third-order valence-corrected chi connectivity index (χ3v) is 3.30. The van der Waals surface area contributed by atoms with Gasteiger partial charge in [0.1, 0.15) is 0 Å². The van der Waals surface area contributed by atoms with Crippen LogP contribution in [0.1, 0.15) is 38.3 Å². The third kappa shape index (κ3) is 2.95. The number of hydrogen-bond acceptors (Lipinski definition) is 2. The third-order valence-electron chi connectivity index (χ3n) is 3.30. The largest absolute Gasteiger partial charge is 0.381 e. The van der Waals surface area contributed by atoms with Gasteiger partial charge in [0.25, 0.3) is 0 Å². The highest BCUT2D eigenvalue weighted by Gasteiger charge is 2.17. The first-order valence-electron chi connectivity index (χ1n) is 5.93. The second-order valence-electron chi connectivity index (χ2n) is 4.79. The Morgan fingerprint density at radius 2 is 1.93 bits per heavy atom. The minimum Gasteiger partial charge on any atom is -0.381 e. The normalized spacial score (nSPS) is 26.3. The topological polar surface area (TPSA) is 24.9 Å². The van der Waals surface area contributed by atoms with Crippen LogP contribution in [0.15, 0.2) is 18.3 Å². The summed E-state index contributed by atoms with van der Waals surface area (Å²) in [5.74, 6) is 0.916. The number of anilines is 1. The molecule has 2 nitrogen and oxygen atoms in total. The van der Waals surface area contributed by atoms with Crippen molar-refractivity contribution in [2.45, 2.75) is 45.6 Å². The number of rotatable bonds is 2. The Kier molecular flexibility index (Phi) is 3.24. The maximum absolute atomic E-state index is 4.30. The Hall–Kier alpha value is -1.05. The van der Waals surface area contributed by atoms with Crippen molar-refractivity contribution in [2.24, 2.45) is 5.92 Å². The Labute approximate surface area is 92.1 Å². The standard InChI is InChI=1S/C13H20N2/c1-10-3-6-12(7-4-10)15-13-8-5-11(2)14-9-13/h5,8-10,12,15H,3-4,6-7H2,1-2H3. The van der Waals surface area contributed by atoms with E-state index in [9.17, 15) is 0 Å². The summed E-state index contributed by atoms with van der Waals surface area (Å²) in [5.41, 5.74) is 2.25. The SMILES string of the molecule is Cc1ccc(NC2CCC(C)CC2)cn1. The van der Waals surface area contributed by atoms with Gasteiger partial charge in [-0.3, -0.25) is 4.98 Å². The van der Waals surface area contributed by atoms with Crippen LogP contribution < -0.4 is 5.32 Å². The summed E-state index contributed by atoms with van der Waals surface area (Å²) in [6.07, 6.45) is 7.26. The molecule has 0 spiro atoms. The highest BCUT2D eigenvalue weighted by molar-refractivity contribution is 5.41. The molecular weight excluding hydrogens is 184 g/mol. The van der Waals surface area contributed by atoms with Gasteiger partial charge in [0.05, 0.1) is 11.9 Å². The van der Waals surface area contributed by atoms with Gasteiger partial charge in [0.2, 0.25) is 0 Å². The molecule has 15 heavy (non-hydrogen) atoms. The fraction of sp³-hybridized carbons (Fsp3) is 0.615. The van der Waals surface area contributed by atoms with Gasteiger partial charge in [-0.15, -0.1) is 0 Å². The summed E-state index contributed by atoms with van der Waals surface area (Å²) < 4.78 is 0. The molecule has 1 fully saturated rings. The average Bonchev–Trinajstić information content (AvgIpc) is 2.25. The van der Waals surface area contributed by atoms with E-state index in [1.807, 2.05) is 13.1 Å². The molecule has 0 aliphatic heterocycles. The van der Waals surface area contributed by atoms with Crippen molar-refractivity contribution in [1.29, 1.82) is 0 Å². The first-order chi connectivity index (χ1) is 7.24. The summed E-state index contributed by atoms with van der Waals surface area (Å²) in [4.78, 5) is 4.30. The van der Waals surface area contributed by atoms with Crippen molar-refractivity contribution >= 4 is 5.69 Å². The first kappa shape index (κ1) is 10.5. The molecule has 1 saturated carbocycles. The van der Waals surface area contributed by atoms with E-state index < -0.39 is 0 Å². The number of aryl methyl sites for hydroxylation is 1. The van der Waals surface area contributed by atoms with E-state index in [-0.39, 0.29) is 0 Å². The minimum absolute atomic E-state index is 0.658. The number of aromatic nitrogens is 1. The van der Waals surface area contributed by atoms with Gasteiger partial charge in [-0.05, 0) is 50.7 Å². The zero-order chi connectivity index (χ0) is 10.7. The van der Waals surface area contributed by atoms with Gasteiger partial charge in [0.15, 0.2) is 0 Å². The quantitative estimate of drug-likeness (QED) is 0.798. The van der Waals surface area contributed by atoms with Crippen LogP contribution in [0, 0.1) is 12.8 Å². The van der Waals surface area contributed by atoms with Crippen LogP contribution in [0.2, 0.25) is 0 Å². The van der Waals surface area contributed by atoms with Crippen molar-refractivity contribution in [2.75, 3.05) is 5.32 Å². The van der Waals surface area contributed by atoms with Crippen LogP contribution in [-0.4, -0.2) is 11.0 Å². The summed E-state index contributed by atoms with van der Waals surface area (Å²) in [7, 11) is 0. The van der Waals surface area contributed by atoms with Gasteiger partial charge in [0, 0.05) is 11.7 Å². The smallest absolute Gasteiger partial charge is 0.0529 e. The van der Waals surface area contributed by atoms with Gasteiger partial charge in [-0.1, -0.05) is 6.92 Å². The molecule has 1 aliphatic rings. The van der Waals surface area contributed by atoms with Crippen molar-refractivity contribution in [1.82, 2.24) is 4.98 Å². The second-order valence-corrected chi connectivity index (χ2v) is 4.79. The highest BCUT2D eigenvalue weighted by atomic mass is 14.9. The zero-order valence-corrected chi connectivity index (χ0v) is 9.66. The van der Waals surface area contributed by atoms with Crippen molar-refractivity contribution in [3.8, 4) is 0 Å². The zero-order valence-electron chi connectivity index (χ0n) is 9.66. The summed E-state index contributed by atoms with van der Waals surface area (Å²) in [5, 5.41) is 3.57. The first-order valence-corrected chi connectivity index (χ1v) is 5.93.